The second-order valence-corrected chi connectivity index (χ2v) is 14.8. The first-order valence-electron chi connectivity index (χ1n) is 18.6. The first-order chi connectivity index (χ1) is 26.4. The molecule has 286 valence electrons. The Labute approximate surface area is 317 Å². The summed E-state index contributed by atoms with van der Waals surface area (Å²) < 4.78 is 16.8. The van der Waals surface area contributed by atoms with Gasteiger partial charge in [0.25, 0.3) is 11.8 Å². The molecule has 2 amide bonds. The van der Waals surface area contributed by atoms with E-state index in [-0.39, 0.29) is 52.2 Å². The number of halogens is 1. The number of benzene rings is 3. The number of nitrogens with two attached hydrogens (primary N) is 1. The molecule has 1 unspecified atom stereocenters. The number of hydrogen-bond donors (Lipinski definition) is 5. The summed E-state index contributed by atoms with van der Waals surface area (Å²) >= 11 is 0. The summed E-state index contributed by atoms with van der Waals surface area (Å²) in [5.74, 6) is -0.644. The van der Waals surface area contributed by atoms with Crippen LogP contribution < -0.4 is 11.4 Å². The SMILES string of the molecule is CC(C)c1cc(-c2n[nH]c(=O)n2-c2ccc(CN3CCN(C(=O)c4ccc(CCc5c[nH]c6c5C(=O)N=C(N)CCC6C)cc4)CC3)c(F)c2)c(O)cc1O. The summed E-state index contributed by atoms with van der Waals surface area (Å²) in [6, 6.07) is 14.9. The van der Waals surface area contributed by atoms with E-state index in [9.17, 15) is 24.6 Å². The molecule has 4 heterocycles. The second kappa shape index (κ2) is 15.4. The van der Waals surface area contributed by atoms with Crippen LogP contribution in [0, 0.1) is 5.82 Å². The van der Waals surface area contributed by atoms with Crippen LogP contribution in [0.2, 0.25) is 0 Å². The van der Waals surface area contributed by atoms with Gasteiger partial charge in [-0.25, -0.2) is 18.9 Å². The minimum absolute atomic E-state index is 0.0643. The molecule has 1 saturated heterocycles. The molecule has 2 aliphatic heterocycles. The highest BCUT2D eigenvalue weighted by Gasteiger charge is 2.26. The van der Waals surface area contributed by atoms with Gasteiger partial charge in [0.2, 0.25) is 0 Å². The summed E-state index contributed by atoms with van der Waals surface area (Å²) in [6.07, 6.45) is 4.64. The van der Waals surface area contributed by atoms with Crippen LogP contribution >= 0.6 is 0 Å². The summed E-state index contributed by atoms with van der Waals surface area (Å²) in [5.41, 5.74) is 10.9. The van der Waals surface area contributed by atoms with E-state index >= 15 is 4.39 Å². The van der Waals surface area contributed by atoms with Crippen molar-refractivity contribution in [3.8, 4) is 28.6 Å². The molecule has 2 aliphatic rings. The minimum Gasteiger partial charge on any atom is -0.508 e. The number of phenols is 2. The second-order valence-electron chi connectivity index (χ2n) is 14.8. The van der Waals surface area contributed by atoms with Crippen LogP contribution in [0.3, 0.4) is 0 Å². The molecular formula is C41H45FN8O5. The Bertz CT molecular complexity index is 2330. The normalized spacial score (nSPS) is 16.5. The van der Waals surface area contributed by atoms with E-state index in [1.807, 2.05) is 44.3 Å². The number of nitrogens with one attached hydrogen (secondary N) is 2. The molecule has 1 fully saturated rings. The fourth-order valence-electron chi connectivity index (χ4n) is 7.45. The van der Waals surface area contributed by atoms with Crippen molar-refractivity contribution in [2.75, 3.05) is 26.2 Å². The van der Waals surface area contributed by atoms with Crippen LogP contribution in [0.1, 0.15) is 94.1 Å². The van der Waals surface area contributed by atoms with Crippen LogP contribution in [-0.4, -0.2) is 83.6 Å². The number of aromatic amines is 2. The van der Waals surface area contributed by atoms with E-state index in [1.165, 1.54) is 16.7 Å². The van der Waals surface area contributed by atoms with Crippen LogP contribution in [-0.2, 0) is 19.4 Å². The number of carbonyl (C=O) groups is 2. The standard InChI is InChI=1S/C41H45FN8O5/c1-23(2)30-19-31(34(52)20-33(30)51)38-46-47-41(55)50(38)29-12-11-28(32(42)18-29)22-48-14-16-49(17-15-48)40(54)26-8-5-25(6-9-26)7-10-27-21-44-37-24(3)4-13-35(43)45-39(53)36(27)37/h5-6,8-9,11-12,18-21,23-24,44,51-52H,4,7,10,13-17,22H2,1-3H3,(H,47,55)(H2,43,45,53). The molecule has 55 heavy (non-hydrogen) atoms. The predicted molar refractivity (Wildman–Crippen MR) is 206 cm³/mol. The topological polar surface area (TPSA) is 186 Å². The van der Waals surface area contributed by atoms with Crippen LogP contribution in [0.4, 0.5) is 4.39 Å². The Kier molecular flexibility index (Phi) is 10.4. The molecule has 0 radical (unpaired) electrons. The first-order valence-corrected chi connectivity index (χ1v) is 18.6. The van der Waals surface area contributed by atoms with E-state index in [0.29, 0.717) is 80.1 Å². The van der Waals surface area contributed by atoms with Gasteiger partial charge < -0.3 is 25.8 Å². The predicted octanol–water partition coefficient (Wildman–Crippen LogP) is 5.37. The number of aliphatic imine (C=N–C) groups is 1. The number of rotatable bonds is 9. The number of amides is 2. The van der Waals surface area contributed by atoms with Crippen molar-refractivity contribution in [3.05, 3.63) is 116 Å². The maximum atomic E-state index is 15.6. The number of aryl methyl sites for hydroxylation is 2. The third-order valence-corrected chi connectivity index (χ3v) is 10.7. The van der Waals surface area contributed by atoms with E-state index in [2.05, 4.69) is 32.0 Å². The quantitative estimate of drug-likeness (QED) is 0.133. The zero-order valence-corrected chi connectivity index (χ0v) is 31.1. The van der Waals surface area contributed by atoms with Gasteiger partial charge in [-0.15, -0.1) is 0 Å². The summed E-state index contributed by atoms with van der Waals surface area (Å²) in [4.78, 5) is 50.4. The molecule has 3 aromatic carbocycles. The number of nitrogens with zero attached hydrogens (tertiary/aromatic N) is 5. The smallest absolute Gasteiger partial charge is 0.348 e. The van der Waals surface area contributed by atoms with Gasteiger partial charge in [0.1, 0.15) is 23.2 Å². The van der Waals surface area contributed by atoms with Gasteiger partial charge in [0.05, 0.1) is 16.8 Å². The lowest BCUT2D eigenvalue weighted by Gasteiger charge is -2.35. The lowest BCUT2D eigenvalue weighted by atomic mass is 9.93. The number of aromatic nitrogens is 4. The molecule has 0 saturated carbocycles. The van der Waals surface area contributed by atoms with Crippen molar-refractivity contribution in [2.45, 2.75) is 64.8 Å². The van der Waals surface area contributed by atoms with E-state index in [0.717, 1.165) is 23.2 Å². The van der Waals surface area contributed by atoms with Crippen LogP contribution in [0.25, 0.3) is 17.1 Å². The molecule has 0 bridgehead atoms. The largest absolute Gasteiger partial charge is 0.508 e. The highest BCUT2D eigenvalue weighted by atomic mass is 19.1. The minimum atomic E-state index is -0.606. The van der Waals surface area contributed by atoms with Crippen LogP contribution in [0.5, 0.6) is 11.5 Å². The molecule has 6 N–H and O–H groups in total. The highest BCUT2D eigenvalue weighted by molar-refractivity contribution is 6.05. The number of hydrogen-bond acceptors (Lipinski definition) is 8. The lowest BCUT2D eigenvalue weighted by molar-refractivity contribution is 0.0627. The third kappa shape index (κ3) is 7.67. The maximum absolute atomic E-state index is 15.6. The highest BCUT2D eigenvalue weighted by Crippen LogP contribution is 2.37. The van der Waals surface area contributed by atoms with Gasteiger partial charge >= 0.3 is 5.69 Å². The average molecular weight is 749 g/mol. The Morgan fingerprint density at radius 2 is 1.73 bits per heavy atom. The Hall–Kier alpha value is -6.02. The Balaban J connectivity index is 0.954. The monoisotopic (exact) mass is 748 g/mol. The summed E-state index contributed by atoms with van der Waals surface area (Å²) in [5, 5.41) is 27.4. The van der Waals surface area contributed by atoms with Crippen molar-refractivity contribution in [2.24, 2.45) is 10.7 Å². The zero-order valence-electron chi connectivity index (χ0n) is 31.1. The van der Waals surface area contributed by atoms with Gasteiger partial charge in [0, 0.05) is 68.2 Å². The van der Waals surface area contributed by atoms with Gasteiger partial charge in [-0.05, 0) is 78.1 Å². The third-order valence-electron chi connectivity index (χ3n) is 10.7. The number of fused-ring (bicyclic) bond motifs is 1. The van der Waals surface area contributed by atoms with Gasteiger partial charge in [-0.2, -0.15) is 10.1 Å². The van der Waals surface area contributed by atoms with Crippen molar-refractivity contribution < 1.29 is 24.2 Å². The number of amidine groups is 1. The number of carbonyl (C=O) groups excluding carboxylic acids is 2. The molecule has 13 nitrogen and oxygen atoms in total. The van der Waals surface area contributed by atoms with E-state index < -0.39 is 11.5 Å². The molecule has 0 aliphatic carbocycles. The number of piperazine rings is 1. The fraction of sp³-hybridized carbons (Fsp3) is 0.341. The van der Waals surface area contributed by atoms with Gasteiger partial charge in [0.15, 0.2) is 5.82 Å². The number of H-pyrrole nitrogens is 2. The molecule has 0 spiro atoms. The molecule has 14 heteroatoms. The summed E-state index contributed by atoms with van der Waals surface area (Å²) in [7, 11) is 0. The first kappa shape index (κ1) is 37.3. The molecular weight excluding hydrogens is 704 g/mol. The van der Waals surface area contributed by atoms with Gasteiger partial charge in [-0.1, -0.05) is 39.0 Å². The molecule has 2 aromatic heterocycles. The van der Waals surface area contributed by atoms with Crippen molar-refractivity contribution in [3.63, 3.8) is 0 Å². The maximum Gasteiger partial charge on any atom is 0.348 e. The van der Waals surface area contributed by atoms with E-state index in [4.69, 9.17) is 5.73 Å². The Morgan fingerprint density at radius 1 is 0.982 bits per heavy atom. The van der Waals surface area contributed by atoms with Gasteiger partial charge in [-0.3, -0.25) is 14.5 Å². The number of phenolic OH excluding ortho intramolecular Hbond substituents is 2. The molecule has 1 atom stereocenters. The number of aromatic hydroxyl groups is 2. The average Bonchev–Trinajstić information content (AvgIpc) is 3.77. The summed E-state index contributed by atoms with van der Waals surface area (Å²) in [6.45, 7) is 8.27. The van der Waals surface area contributed by atoms with Crippen LogP contribution in [0.15, 0.2) is 70.6 Å². The molecule has 5 aromatic rings. The lowest BCUT2D eigenvalue weighted by Crippen LogP contribution is -2.48. The van der Waals surface area contributed by atoms with Crippen molar-refractivity contribution in [1.82, 2.24) is 29.5 Å². The van der Waals surface area contributed by atoms with E-state index in [1.54, 1.807) is 23.1 Å². The Morgan fingerprint density at radius 3 is 2.44 bits per heavy atom. The zero-order chi connectivity index (χ0) is 39.0. The fourth-order valence-corrected chi connectivity index (χ4v) is 7.45. The molecule has 7 rings (SSSR count). The van der Waals surface area contributed by atoms with Crippen molar-refractivity contribution in [1.29, 1.82) is 0 Å². The van der Waals surface area contributed by atoms with Crippen molar-refractivity contribution >= 4 is 17.6 Å².